The molecule has 0 saturated carbocycles. The molecule has 0 fully saturated rings. The van der Waals surface area contributed by atoms with E-state index in [0.717, 1.165) is 25.4 Å². The molecule has 4 rings (SSSR count). The Morgan fingerprint density at radius 2 is 1.54 bits per heavy atom. The van der Waals surface area contributed by atoms with Gasteiger partial charge in [-0.05, 0) is 57.2 Å². The number of nitrogens with zero attached hydrogens (tertiary/aromatic N) is 1. The number of carbonyl (C=O) groups is 3. The maximum absolute atomic E-state index is 13.2. The number of hydrogen-bond acceptors (Lipinski definition) is 3. The molecule has 0 aliphatic rings. The molecule has 2 aromatic heterocycles. The molecule has 1 atom stereocenters. The predicted molar refractivity (Wildman–Crippen MR) is 142 cm³/mol. The van der Waals surface area contributed by atoms with Crippen LogP contribution in [0.4, 0.5) is 4.79 Å². The van der Waals surface area contributed by atoms with Crippen LogP contribution in [-0.4, -0.2) is 49.8 Å². The molecule has 0 spiro atoms. The summed E-state index contributed by atoms with van der Waals surface area (Å²) in [5, 5.41) is 14.1. The Kier molecular flexibility index (Phi) is 6.79. The number of Topliss-reactive ketones (excluding diaryl/α,β-unsaturated/α-hetero) is 1. The fraction of sp³-hybridized carbons (Fsp3) is 0.240. The third-order valence-corrected chi connectivity index (χ3v) is 6.84. The molecular weight excluding hydrogens is 580 g/mol. The summed E-state index contributed by atoms with van der Waals surface area (Å²) in [6.45, 7) is 5.29. The van der Waals surface area contributed by atoms with E-state index in [4.69, 9.17) is 0 Å². The number of rotatable bonds is 6. The quantitative estimate of drug-likeness (QED) is 0.160. The summed E-state index contributed by atoms with van der Waals surface area (Å²) in [6.07, 6.45) is 2.12. The summed E-state index contributed by atoms with van der Waals surface area (Å²) in [5.41, 5.74) is 1.75. The van der Waals surface area contributed by atoms with Gasteiger partial charge in [-0.25, -0.2) is 4.79 Å². The number of H-pyrrole nitrogens is 2. The Morgan fingerprint density at radius 1 is 0.971 bits per heavy atom. The average molecular weight is 604 g/mol. The van der Waals surface area contributed by atoms with Crippen molar-refractivity contribution in [3.63, 3.8) is 0 Å². The van der Waals surface area contributed by atoms with E-state index in [0.29, 0.717) is 10.9 Å². The zero-order valence-electron chi connectivity index (χ0n) is 19.3. The van der Waals surface area contributed by atoms with Crippen LogP contribution in [0, 0.1) is 0 Å². The van der Waals surface area contributed by atoms with Crippen molar-refractivity contribution in [3.05, 3.63) is 68.9 Å². The van der Waals surface area contributed by atoms with Crippen molar-refractivity contribution in [3.8, 4) is 0 Å². The summed E-state index contributed by atoms with van der Waals surface area (Å²) >= 11 is 6.87. The van der Waals surface area contributed by atoms with Gasteiger partial charge in [-0.3, -0.25) is 9.59 Å². The van der Waals surface area contributed by atoms with Crippen molar-refractivity contribution in [2.24, 2.45) is 0 Å². The molecule has 4 aromatic rings. The molecule has 8 nitrogen and oxygen atoms in total. The van der Waals surface area contributed by atoms with E-state index in [2.05, 4.69) is 47.1 Å². The van der Waals surface area contributed by atoms with E-state index >= 15 is 0 Å². The van der Waals surface area contributed by atoms with Crippen LogP contribution < -0.4 is 5.32 Å². The number of benzene rings is 2. The van der Waals surface area contributed by atoms with Gasteiger partial charge in [0.1, 0.15) is 0 Å². The topological polar surface area (TPSA) is 118 Å². The molecular formula is C25H24Br2N4O4. The highest BCUT2D eigenvalue weighted by Crippen LogP contribution is 2.30. The van der Waals surface area contributed by atoms with Gasteiger partial charge < -0.3 is 25.3 Å². The second kappa shape index (κ2) is 9.50. The smallest absolute Gasteiger partial charge is 0.407 e. The first-order valence-corrected chi connectivity index (χ1v) is 12.4. The number of aromatic nitrogens is 2. The molecule has 4 N–H and O–H groups in total. The lowest BCUT2D eigenvalue weighted by Gasteiger charge is -2.36. The number of carboxylic acid groups (broad SMARTS) is 1. The second-order valence-electron chi connectivity index (χ2n) is 9.25. The lowest BCUT2D eigenvalue weighted by atomic mass is 10.0. The van der Waals surface area contributed by atoms with Crippen LogP contribution in [0.2, 0.25) is 0 Å². The first kappa shape index (κ1) is 25.0. The largest absolute Gasteiger partial charge is 0.465 e. The molecule has 2 amide bonds. The van der Waals surface area contributed by atoms with Crippen LogP contribution in [0.25, 0.3) is 21.8 Å². The molecule has 2 aromatic carbocycles. The molecule has 10 heteroatoms. The Bertz CT molecular complexity index is 1450. The minimum atomic E-state index is -1.12. The zero-order chi connectivity index (χ0) is 25.5. The van der Waals surface area contributed by atoms with Crippen molar-refractivity contribution >= 4 is 71.4 Å². The van der Waals surface area contributed by atoms with Gasteiger partial charge in [0.25, 0.3) is 11.7 Å². The monoisotopic (exact) mass is 602 g/mol. The van der Waals surface area contributed by atoms with E-state index in [9.17, 15) is 19.5 Å². The molecule has 35 heavy (non-hydrogen) atoms. The van der Waals surface area contributed by atoms with Gasteiger partial charge in [0.2, 0.25) is 0 Å². The number of nitrogens with one attached hydrogen (secondary N) is 3. The van der Waals surface area contributed by atoms with Crippen LogP contribution in [0.15, 0.2) is 57.7 Å². The number of halogens is 2. The number of fused-ring (bicyclic) bond motifs is 2. The Morgan fingerprint density at radius 3 is 2.14 bits per heavy atom. The molecule has 0 bridgehead atoms. The van der Waals surface area contributed by atoms with Gasteiger partial charge in [0.15, 0.2) is 0 Å². The molecule has 2 heterocycles. The predicted octanol–water partition coefficient (Wildman–Crippen LogP) is 5.99. The fourth-order valence-electron chi connectivity index (χ4n) is 4.07. The van der Waals surface area contributed by atoms with Gasteiger partial charge in [-0.15, -0.1) is 0 Å². The lowest BCUT2D eigenvalue weighted by Crippen LogP contribution is -2.50. The van der Waals surface area contributed by atoms with Gasteiger partial charge in [-0.1, -0.05) is 31.9 Å². The molecule has 0 saturated heterocycles. The molecule has 182 valence electrons. The van der Waals surface area contributed by atoms with Gasteiger partial charge >= 0.3 is 6.09 Å². The first-order chi connectivity index (χ1) is 16.5. The third kappa shape index (κ3) is 5.13. The summed E-state index contributed by atoms with van der Waals surface area (Å²) < 4.78 is 1.62. The van der Waals surface area contributed by atoms with Crippen LogP contribution in [0.1, 0.15) is 42.7 Å². The summed E-state index contributed by atoms with van der Waals surface area (Å²) in [4.78, 5) is 45.9. The summed E-state index contributed by atoms with van der Waals surface area (Å²) in [6, 6.07) is 10.3. The number of aromatic amines is 2. The van der Waals surface area contributed by atoms with E-state index in [-0.39, 0.29) is 12.1 Å². The number of ketones is 1. The lowest BCUT2D eigenvalue weighted by molar-refractivity contribution is -0.117. The number of carbonyl (C=O) groups excluding carboxylic acids is 2. The average Bonchev–Trinajstić information content (AvgIpc) is 3.38. The van der Waals surface area contributed by atoms with Gasteiger partial charge in [0.05, 0.1) is 11.6 Å². The summed E-state index contributed by atoms with van der Waals surface area (Å²) in [5.74, 6) is -1.53. The van der Waals surface area contributed by atoms with Crippen LogP contribution >= 0.6 is 31.9 Å². The minimum absolute atomic E-state index is 0.0449. The SMILES string of the molecule is CC(C)(C)N(CC(NC(=O)C(=O)c1c[nH]c2ccc(Br)cc12)c1c[nH]c2ccc(Br)cc12)C(=O)O. The van der Waals surface area contributed by atoms with Crippen molar-refractivity contribution < 1.29 is 19.5 Å². The molecule has 1 unspecified atom stereocenters. The highest BCUT2D eigenvalue weighted by atomic mass is 79.9. The highest BCUT2D eigenvalue weighted by molar-refractivity contribution is 9.10. The van der Waals surface area contributed by atoms with E-state index in [1.54, 1.807) is 33.0 Å². The normalized spacial score (nSPS) is 12.6. The minimum Gasteiger partial charge on any atom is -0.465 e. The van der Waals surface area contributed by atoms with Crippen LogP contribution in [-0.2, 0) is 4.79 Å². The number of hydrogen-bond donors (Lipinski definition) is 4. The number of amides is 2. The van der Waals surface area contributed by atoms with Gasteiger partial charge in [0, 0.05) is 60.8 Å². The third-order valence-electron chi connectivity index (χ3n) is 5.86. The fourth-order valence-corrected chi connectivity index (χ4v) is 4.79. The Balaban J connectivity index is 1.72. The standard InChI is InChI=1S/C25H24Br2N4O4/c1-25(2,3)31(24(34)35)12-21(17-10-28-19-6-4-13(26)8-15(17)19)30-23(33)22(32)18-11-29-20-7-5-14(27)9-16(18)20/h4-11,21,28-29H,12H2,1-3H3,(H,30,33)(H,34,35). The first-order valence-electron chi connectivity index (χ1n) is 10.8. The Labute approximate surface area is 218 Å². The highest BCUT2D eigenvalue weighted by Gasteiger charge is 2.32. The molecule has 0 radical (unpaired) electrons. The maximum Gasteiger partial charge on any atom is 0.407 e. The zero-order valence-corrected chi connectivity index (χ0v) is 22.5. The van der Waals surface area contributed by atoms with Crippen LogP contribution in [0.3, 0.4) is 0 Å². The maximum atomic E-state index is 13.2. The van der Waals surface area contributed by atoms with Crippen molar-refractivity contribution in [1.29, 1.82) is 0 Å². The van der Waals surface area contributed by atoms with Gasteiger partial charge in [-0.2, -0.15) is 0 Å². The van der Waals surface area contributed by atoms with Crippen molar-refractivity contribution in [2.75, 3.05) is 6.54 Å². The Hall–Kier alpha value is -3.11. The second-order valence-corrected chi connectivity index (χ2v) is 11.1. The van der Waals surface area contributed by atoms with Crippen molar-refractivity contribution in [1.82, 2.24) is 20.2 Å². The molecule has 0 aliphatic heterocycles. The van der Waals surface area contributed by atoms with E-state index < -0.39 is 29.4 Å². The summed E-state index contributed by atoms with van der Waals surface area (Å²) in [7, 11) is 0. The van der Waals surface area contributed by atoms with E-state index in [1.165, 1.54) is 11.1 Å². The van der Waals surface area contributed by atoms with Crippen molar-refractivity contribution in [2.45, 2.75) is 32.4 Å². The van der Waals surface area contributed by atoms with E-state index in [1.807, 2.05) is 30.3 Å². The van der Waals surface area contributed by atoms with Crippen LogP contribution in [0.5, 0.6) is 0 Å². The molecule has 0 aliphatic carbocycles.